The van der Waals surface area contributed by atoms with Crippen LogP contribution in [0.4, 0.5) is 10.8 Å². The number of thiazole rings is 1. The van der Waals surface area contributed by atoms with E-state index >= 15 is 0 Å². The van der Waals surface area contributed by atoms with Crippen molar-refractivity contribution in [3.63, 3.8) is 0 Å². The second-order valence-corrected chi connectivity index (χ2v) is 9.23. The summed E-state index contributed by atoms with van der Waals surface area (Å²) in [5.74, 6) is -0.673. The summed E-state index contributed by atoms with van der Waals surface area (Å²) in [5.41, 5.74) is 4.71. The van der Waals surface area contributed by atoms with Crippen molar-refractivity contribution in [1.29, 1.82) is 0 Å². The summed E-state index contributed by atoms with van der Waals surface area (Å²) in [6.07, 6.45) is 2.13. The van der Waals surface area contributed by atoms with Crippen LogP contribution in [0.1, 0.15) is 40.0 Å². The molecule has 0 spiro atoms. The molecule has 0 radical (unpaired) electrons. The highest BCUT2D eigenvalue weighted by Crippen LogP contribution is 2.34. The van der Waals surface area contributed by atoms with Crippen LogP contribution in [0.15, 0.2) is 60.8 Å². The maximum atomic E-state index is 13.7. The predicted molar refractivity (Wildman–Crippen MR) is 132 cm³/mol. The smallest absolute Gasteiger partial charge is 0.260 e. The lowest BCUT2D eigenvalue weighted by Crippen LogP contribution is -2.31. The lowest BCUT2D eigenvalue weighted by atomic mass is 10.1. The Morgan fingerprint density at radius 3 is 2.32 bits per heavy atom. The maximum Gasteiger partial charge on any atom is 0.260 e. The highest BCUT2D eigenvalue weighted by molar-refractivity contribution is 7.22. The zero-order valence-electron chi connectivity index (χ0n) is 18.8. The number of pyridine rings is 1. The van der Waals surface area contributed by atoms with Gasteiger partial charge in [0.25, 0.3) is 5.91 Å². The number of amides is 3. The zero-order valence-corrected chi connectivity index (χ0v) is 19.6. The van der Waals surface area contributed by atoms with Crippen molar-refractivity contribution < 1.29 is 14.4 Å². The van der Waals surface area contributed by atoms with E-state index in [0.29, 0.717) is 16.4 Å². The fourth-order valence-electron chi connectivity index (χ4n) is 4.02. The molecule has 1 saturated heterocycles. The average molecular weight is 471 g/mol. The van der Waals surface area contributed by atoms with Crippen LogP contribution in [0.2, 0.25) is 0 Å². The molecule has 170 valence electrons. The van der Waals surface area contributed by atoms with Gasteiger partial charge in [-0.3, -0.25) is 29.2 Å². The van der Waals surface area contributed by atoms with Gasteiger partial charge in [0.15, 0.2) is 5.13 Å². The first-order chi connectivity index (χ1) is 16.4. The number of fused-ring (bicyclic) bond motifs is 1. The second kappa shape index (κ2) is 8.79. The van der Waals surface area contributed by atoms with Crippen molar-refractivity contribution >= 4 is 50.1 Å². The Bertz CT molecular complexity index is 1360. The minimum atomic E-state index is -0.231. The van der Waals surface area contributed by atoms with Crippen LogP contribution in [-0.4, -0.2) is 27.7 Å². The maximum absolute atomic E-state index is 13.7. The number of anilines is 2. The monoisotopic (exact) mass is 470 g/mol. The van der Waals surface area contributed by atoms with Gasteiger partial charge in [0.1, 0.15) is 0 Å². The number of carbonyl (C=O) groups excluding carboxylic acids is 3. The Balaban J connectivity index is 1.52. The Labute approximate surface area is 200 Å². The Hall–Kier alpha value is -3.91. The molecule has 0 aliphatic carbocycles. The summed E-state index contributed by atoms with van der Waals surface area (Å²) < 4.78 is 1.05. The summed E-state index contributed by atoms with van der Waals surface area (Å²) >= 11 is 1.48. The quantitative estimate of drug-likeness (QED) is 0.391. The molecule has 3 amide bonds. The molecule has 0 unspecified atom stereocenters. The summed E-state index contributed by atoms with van der Waals surface area (Å²) in [7, 11) is 0. The fourth-order valence-corrected chi connectivity index (χ4v) is 5.13. The highest BCUT2D eigenvalue weighted by Gasteiger charge is 2.30. The number of nitrogens with zero attached hydrogens (tertiary/aromatic N) is 4. The molecule has 0 saturated carbocycles. The largest absolute Gasteiger partial charge is 0.278 e. The lowest BCUT2D eigenvalue weighted by molar-refractivity contribution is -0.121. The van der Waals surface area contributed by atoms with Gasteiger partial charge in [-0.05, 0) is 61.4 Å². The normalized spacial score (nSPS) is 13.6. The molecule has 1 aliphatic rings. The van der Waals surface area contributed by atoms with Crippen molar-refractivity contribution in [1.82, 2.24) is 9.97 Å². The van der Waals surface area contributed by atoms with Crippen LogP contribution in [0.3, 0.4) is 0 Å². The van der Waals surface area contributed by atoms with Gasteiger partial charge >= 0.3 is 0 Å². The van der Waals surface area contributed by atoms with E-state index in [4.69, 9.17) is 4.98 Å². The van der Waals surface area contributed by atoms with E-state index in [1.165, 1.54) is 16.2 Å². The van der Waals surface area contributed by atoms with E-state index in [1.807, 2.05) is 38.1 Å². The third kappa shape index (κ3) is 3.97. The minimum absolute atomic E-state index is 0.216. The second-order valence-electron chi connectivity index (χ2n) is 8.26. The van der Waals surface area contributed by atoms with Crippen molar-refractivity contribution in [3.05, 3.63) is 83.2 Å². The third-order valence-electron chi connectivity index (χ3n) is 5.88. The van der Waals surface area contributed by atoms with E-state index in [0.717, 1.165) is 27.0 Å². The Kier molecular flexibility index (Phi) is 5.67. The van der Waals surface area contributed by atoms with E-state index in [1.54, 1.807) is 35.4 Å². The molecule has 2 aromatic heterocycles. The summed E-state index contributed by atoms with van der Waals surface area (Å²) in [6, 6.07) is 16.3. The van der Waals surface area contributed by atoms with Gasteiger partial charge in [0.05, 0.1) is 28.1 Å². The molecule has 2 aromatic carbocycles. The molecule has 3 heterocycles. The van der Waals surface area contributed by atoms with Crippen molar-refractivity contribution in [3.8, 4) is 0 Å². The zero-order chi connectivity index (χ0) is 23.8. The topological polar surface area (TPSA) is 83.5 Å². The molecular weight excluding hydrogens is 448 g/mol. The molecule has 8 heteroatoms. The number of imide groups is 1. The molecule has 7 nitrogen and oxygen atoms in total. The number of rotatable bonds is 5. The van der Waals surface area contributed by atoms with Crippen molar-refractivity contribution in [2.75, 3.05) is 9.80 Å². The predicted octanol–water partition coefficient (Wildman–Crippen LogP) is 4.81. The molecule has 0 N–H and O–H groups in total. The SMILES string of the molecule is Cc1ccc(C)c2sc(N(Cc3ccccn3)C(=O)c3ccc(N4C(=O)CCC4=O)cc3)nc12. The van der Waals surface area contributed by atoms with Crippen molar-refractivity contribution in [2.24, 2.45) is 0 Å². The minimum Gasteiger partial charge on any atom is -0.278 e. The Morgan fingerprint density at radius 1 is 0.971 bits per heavy atom. The lowest BCUT2D eigenvalue weighted by Gasteiger charge is -2.20. The number of carbonyl (C=O) groups is 3. The van der Waals surface area contributed by atoms with Gasteiger partial charge in [-0.2, -0.15) is 0 Å². The van der Waals surface area contributed by atoms with E-state index in [2.05, 4.69) is 11.1 Å². The van der Waals surface area contributed by atoms with Gasteiger partial charge in [0.2, 0.25) is 11.8 Å². The van der Waals surface area contributed by atoms with Crippen LogP contribution < -0.4 is 9.80 Å². The van der Waals surface area contributed by atoms with Crippen LogP contribution in [0.25, 0.3) is 10.2 Å². The molecule has 34 heavy (non-hydrogen) atoms. The number of hydrogen-bond acceptors (Lipinski definition) is 6. The van der Waals surface area contributed by atoms with E-state index in [-0.39, 0.29) is 37.1 Å². The number of aryl methyl sites for hydroxylation is 2. The molecule has 1 aliphatic heterocycles. The number of hydrogen-bond donors (Lipinski definition) is 0. The number of aromatic nitrogens is 2. The molecule has 4 aromatic rings. The fraction of sp³-hybridized carbons (Fsp3) is 0.192. The first-order valence-electron chi connectivity index (χ1n) is 11.0. The van der Waals surface area contributed by atoms with E-state index in [9.17, 15) is 14.4 Å². The van der Waals surface area contributed by atoms with Gasteiger partial charge in [-0.15, -0.1) is 0 Å². The molecular formula is C26H22N4O3S. The summed E-state index contributed by atoms with van der Waals surface area (Å²) in [5, 5.41) is 0.594. The van der Waals surface area contributed by atoms with Crippen molar-refractivity contribution in [2.45, 2.75) is 33.2 Å². The summed E-state index contributed by atoms with van der Waals surface area (Å²) in [4.78, 5) is 49.8. The van der Waals surface area contributed by atoms with Gasteiger partial charge in [0, 0.05) is 24.6 Å². The van der Waals surface area contributed by atoms with Gasteiger partial charge in [-0.1, -0.05) is 29.5 Å². The van der Waals surface area contributed by atoms with Gasteiger partial charge in [-0.25, -0.2) is 4.98 Å². The first kappa shape index (κ1) is 21.9. The standard InChI is InChI=1S/C26H22N4O3S/c1-16-6-7-17(2)24-23(16)28-26(34-24)29(15-19-5-3-4-14-27-19)25(33)18-8-10-20(11-9-18)30-21(31)12-13-22(30)32/h3-11,14H,12-13,15H2,1-2H3. The Morgan fingerprint density at radius 2 is 1.68 bits per heavy atom. The van der Waals surface area contributed by atoms with Crippen LogP contribution >= 0.6 is 11.3 Å². The van der Waals surface area contributed by atoms with Crippen LogP contribution in [0, 0.1) is 13.8 Å². The van der Waals surface area contributed by atoms with Gasteiger partial charge < -0.3 is 0 Å². The number of benzene rings is 2. The van der Waals surface area contributed by atoms with Crippen LogP contribution in [-0.2, 0) is 16.1 Å². The average Bonchev–Trinajstić information content (AvgIpc) is 3.45. The summed E-state index contributed by atoms with van der Waals surface area (Å²) in [6.45, 7) is 4.31. The molecule has 0 bridgehead atoms. The first-order valence-corrected chi connectivity index (χ1v) is 11.8. The molecule has 5 rings (SSSR count). The molecule has 0 atom stereocenters. The highest BCUT2D eigenvalue weighted by atomic mass is 32.1. The third-order valence-corrected chi connectivity index (χ3v) is 7.09. The van der Waals surface area contributed by atoms with Crippen LogP contribution in [0.5, 0.6) is 0 Å². The van der Waals surface area contributed by atoms with E-state index < -0.39 is 0 Å². The molecule has 1 fully saturated rings.